The Labute approximate surface area is 132 Å². The van der Waals surface area contributed by atoms with E-state index in [1.165, 1.54) is 0 Å². The third-order valence-corrected chi connectivity index (χ3v) is 3.49. The quantitative estimate of drug-likeness (QED) is 0.653. The molecule has 0 saturated heterocycles. The molecule has 3 N–H and O–H groups in total. The van der Waals surface area contributed by atoms with E-state index in [4.69, 9.17) is 17.3 Å². The van der Waals surface area contributed by atoms with Crippen LogP contribution in [0.15, 0.2) is 18.2 Å². The number of anilines is 1. The molecule has 1 amide bonds. The van der Waals surface area contributed by atoms with Gasteiger partial charge in [-0.3, -0.25) is 4.79 Å². The summed E-state index contributed by atoms with van der Waals surface area (Å²) in [4.78, 5) is 13.4. The monoisotopic (exact) mass is 311 g/mol. The van der Waals surface area contributed by atoms with Gasteiger partial charge in [0.25, 0.3) is 0 Å². The molecule has 1 rings (SSSR count). The van der Waals surface area contributed by atoms with Gasteiger partial charge in [0.15, 0.2) is 0 Å². The highest BCUT2D eigenvalue weighted by Gasteiger charge is 2.13. The second-order valence-electron chi connectivity index (χ2n) is 5.19. The Morgan fingerprint density at radius 2 is 2.10 bits per heavy atom. The molecule has 0 aliphatic heterocycles. The van der Waals surface area contributed by atoms with Gasteiger partial charge in [0.2, 0.25) is 5.91 Å². The van der Waals surface area contributed by atoms with E-state index in [2.05, 4.69) is 19.2 Å². The summed E-state index contributed by atoms with van der Waals surface area (Å²) in [5.74, 6) is -0.321. The van der Waals surface area contributed by atoms with Crippen LogP contribution < -0.4 is 16.0 Å². The number of unbranched alkanes of at least 4 members (excludes halogenated alkanes) is 1. The molecule has 0 aliphatic rings. The summed E-state index contributed by atoms with van der Waals surface area (Å²) in [6.07, 6.45) is 3.17. The van der Waals surface area contributed by atoms with E-state index in [1.807, 2.05) is 23.1 Å². The molecule has 118 valence electrons. The highest BCUT2D eigenvalue weighted by atomic mass is 35.5. The number of hydrogen-bond donors (Lipinski definition) is 2. The molecule has 4 nitrogen and oxygen atoms in total. The van der Waals surface area contributed by atoms with E-state index >= 15 is 0 Å². The number of carbonyl (C=O) groups excluding carboxylic acids is 1. The minimum atomic E-state index is -0.321. The highest BCUT2D eigenvalue weighted by Crippen LogP contribution is 2.25. The molecule has 0 aromatic heterocycles. The van der Waals surface area contributed by atoms with Crippen LogP contribution in [-0.4, -0.2) is 25.5 Å². The van der Waals surface area contributed by atoms with Crippen LogP contribution in [0.1, 0.15) is 38.7 Å². The van der Waals surface area contributed by atoms with E-state index in [-0.39, 0.29) is 12.5 Å². The number of benzene rings is 1. The van der Waals surface area contributed by atoms with Gasteiger partial charge in [-0.2, -0.15) is 0 Å². The second-order valence-corrected chi connectivity index (χ2v) is 5.63. The van der Waals surface area contributed by atoms with Gasteiger partial charge in [0, 0.05) is 23.8 Å². The summed E-state index contributed by atoms with van der Waals surface area (Å²) in [7, 11) is 0. The maximum Gasteiger partial charge on any atom is 0.236 e. The van der Waals surface area contributed by atoms with Crippen LogP contribution in [0.5, 0.6) is 0 Å². The molecule has 1 aromatic carbocycles. The zero-order valence-electron chi connectivity index (χ0n) is 13.0. The lowest BCUT2D eigenvalue weighted by Gasteiger charge is -2.26. The van der Waals surface area contributed by atoms with Crippen molar-refractivity contribution in [2.45, 2.75) is 39.7 Å². The topological polar surface area (TPSA) is 58.4 Å². The van der Waals surface area contributed by atoms with E-state index in [0.717, 1.165) is 50.1 Å². The first-order valence-electron chi connectivity index (χ1n) is 7.60. The van der Waals surface area contributed by atoms with Gasteiger partial charge in [-0.1, -0.05) is 37.9 Å². The summed E-state index contributed by atoms with van der Waals surface area (Å²) in [5, 5.41) is 4.07. The van der Waals surface area contributed by atoms with Gasteiger partial charge in [0.05, 0.1) is 6.54 Å². The summed E-state index contributed by atoms with van der Waals surface area (Å²) in [5.41, 5.74) is 7.53. The molecule has 0 atom stereocenters. The van der Waals surface area contributed by atoms with Crippen molar-refractivity contribution in [1.82, 2.24) is 5.32 Å². The molecule has 0 radical (unpaired) electrons. The van der Waals surface area contributed by atoms with Crippen molar-refractivity contribution in [3.63, 3.8) is 0 Å². The van der Waals surface area contributed by atoms with Gasteiger partial charge in [-0.05, 0) is 37.1 Å². The highest BCUT2D eigenvalue weighted by molar-refractivity contribution is 6.30. The van der Waals surface area contributed by atoms with Crippen molar-refractivity contribution in [3.05, 3.63) is 28.8 Å². The minimum absolute atomic E-state index is 0.223. The Morgan fingerprint density at radius 1 is 1.33 bits per heavy atom. The second kappa shape index (κ2) is 9.64. The van der Waals surface area contributed by atoms with E-state index in [9.17, 15) is 4.79 Å². The molecule has 5 heteroatoms. The van der Waals surface area contributed by atoms with Crippen LogP contribution in [0.4, 0.5) is 5.69 Å². The summed E-state index contributed by atoms with van der Waals surface area (Å²) < 4.78 is 0. The van der Waals surface area contributed by atoms with Crippen LogP contribution in [0.2, 0.25) is 5.02 Å². The molecule has 0 bridgehead atoms. The first kappa shape index (κ1) is 17.8. The molecule has 0 spiro atoms. The average molecular weight is 312 g/mol. The number of nitrogens with two attached hydrogens (primary N) is 1. The Morgan fingerprint density at radius 3 is 2.71 bits per heavy atom. The number of nitrogens with one attached hydrogen (secondary N) is 1. The number of hydrogen-bond acceptors (Lipinski definition) is 3. The molecule has 0 saturated carbocycles. The van der Waals surface area contributed by atoms with Gasteiger partial charge < -0.3 is 16.0 Å². The fourth-order valence-electron chi connectivity index (χ4n) is 2.20. The van der Waals surface area contributed by atoms with Gasteiger partial charge in [0.1, 0.15) is 0 Å². The number of halogens is 1. The van der Waals surface area contributed by atoms with Gasteiger partial charge in [-0.15, -0.1) is 0 Å². The number of carbonyl (C=O) groups is 1. The van der Waals surface area contributed by atoms with E-state index < -0.39 is 0 Å². The molecule has 0 aliphatic carbocycles. The Kier molecular flexibility index (Phi) is 8.16. The third-order valence-electron chi connectivity index (χ3n) is 3.26. The lowest BCUT2D eigenvalue weighted by molar-refractivity contribution is -0.116. The van der Waals surface area contributed by atoms with Crippen molar-refractivity contribution in [2.24, 2.45) is 5.73 Å². The number of rotatable bonds is 10. The molecule has 0 fully saturated rings. The standard InChI is InChI=1S/C16H26ClN3O/c1-3-5-9-20(12-16(18)21)15-10-14(17)7-6-13(15)11-19-8-4-2/h6-7,10,19H,3-5,8-9,11-12H2,1-2H3,(H2,18,21). The summed E-state index contributed by atoms with van der Waals surface area (Å²) in [6.45, 7) is 7.02. The molecule has 0 unspecified atom stereocenters. The Bertz CT molecular complexity index is 451. The summed E-state index contributed by atoms with van der Waals surface area (Å²) >= 11 is 6.13. The zero-order chi connectivity index (χ0) is 15.7. The molecular formula is C16H26ClN3O. The first-order valence-corrected chi connectivity index (χ1v) is 7.98. The predicted octanol–water partition coefficient (Wildman–Crippen LogP) is 2.93. The smallest absolute Gasteiger partial charge is 0.236 e. The first-order chi connectivity index (χ1) is 10.1. The number of primary amides is 1. The molecule has 1 aromatic rings. The number of nitrogens with zero attached hydrogens (tertiary/aromatic N) is 1. The van der Waals surface area contributed by atoms with Crippen molar-refractivity contribution in [2.75, 3.05) is 24.5 Å². The van der Waals surface area contributed by atoms with E-state index in [0.29, 0.717) is 5.02 Å². The van der Waals surface area contributed by atoms with Crippen molar-refractivity contribution < 1.29 is 4.79 Å². The Balaban J connectivity index is 2.96. The lowest BCUT2D eigenvalue weighted by atomic mass is 10.1. The van der Waals surface area contributed by atoms with Crippen molar-refractivity contribution >= 4 is 23.2 Å². The maximum absolute atomic E-state index is 11.3. The molecule has 0 heterocycles. The van der Waals surface area contributed by atoms with Crippen LogP contribution in [-0.2, 0) is 11.3 Å². The summed E-state index contributed by atoms with van der Waals surface area (Å²) in [6, 6.07) is 5.82. The third kappa shape index (κ3) is 6.36. The fourth-order valence-corrected chi connectivity index (χ4v) is 2.37. The van der Waals surface area contributed by atoms with Crippen LogP contribution >= 0.6 is 11.6 Å². The number of amides is 1. The SMILES string of the molecule is CCCCN(CC(N)=O)c1cc(Cl)ccc1CNCCC. The van der Waals surface area contributed by atoms with E-state index in [1.54, 1.807) is 0 Å². The Hall–Kier alpha value is -1.26. The minimum Gasteiger partial charge on any atom is -0.368 e. The van der Waals surface area contributed by atoms with Gasteiger partial charge in [-0.25, -0.2) is 0 Å². The maximum atomic E-state index is 11.3. The van der Waals surface area contributed by atoms with Crippen molar-refractivity contribution in [3.8, 4) is 0 Å². The lowest BCUT2D eigenvalue weighted by Crippen LogP contribution is -2.35. The average Bonchev–Trinajstić information content (AvgIpc) is 2.45. The fraction of sp³-hybridized carbons (Fsp3) is 0.562. The predicted molar refractivity (Wildman–Crippen MR) is 89.8 cm³/mol. The zero-order valence-corrected chi connectivity index (χ0v) is 13.7. The molecule has 21 heavy (non-hydrogen) atoms. The largest absolute Gasteiger partial charge is 0.368 e. The van der Waals surface area contributed by atoms with Crippen LogP contribution in [0.3, 0.4) is 0 Å². The van der Waals surface area contributed by atoms with Gasteiger partial charge >= 0.3 is 0 Å². The molecular weight excluding hydrogens is 286 g/mol. The van der Waals surface area contributed by atoms with Crippen LogP contribution in [0, 0.1) is 0 Å². The van der Waals surface area contributed by atoms with Crippen LogP contribution in [0.25, 0.3) is 0 Å². The van der Waals surface area contributed by atoms with Crippen molar-refractivity contribution in [1.29, 1.82) is 0 Å². The normalized spacial score (nSPS) is 10.6.